The number of rotatable bonds is 6. The maximum absolute atomic E-state index is 12.6. The van der Waals surface area contributed by atoms with Crippen molar-refractivity contribution in [3.05, 3.63) is 65.2 Å². The average Bonchev–Trinajstić information content (AvgIpc) is 3.43. The van der Waals surface area contributed by atoms with Crippen LogP contribution < -0.4 is 10.2 Å². The second-order valence-corrected chi connectivity index (χ2v) is 7.22. The molecule has 1 N–H and O–H groups in total. The lowest BCUT2D eigenvalue weighted by Gasteiger charge is -2.15. The van der Waals surface area contributed by atoms with Crippen molar-refractivity contribution in [2.24, 2.45) is 0 Å². The highest BCUT2D eigenvalue weighted by Gasteiger charge is 2.33. The number of imidazole rings is 1. The molecule has 1 amide bonds. The predicted molar refractivity (Wildman–Crippen MR) is 102 cm³/mol. The predicted octanol–water partition coefficient (Wildman–Crippen LogP) is 2.15. The number of aromatic nitrogens is 3. The van der Waals surface area contributed by atoms with Gasteiger partial charge in [0.1, 0.15) is 0 Å². The largest absolute Gasteiger partial charge is 0.329 e. The normalized spacial score (nSPS) is 16.6. The number of nitriles is 1. The highest BCUT2D eigenvalue weighted by Crippen LogP contribution is 2.23. The summed E-state index contributed by atoms with van der Waals surface area (Å²) in [4.78, 5) is 22.8. The Bertz CT molecular complexity index is 957. The van der Waals surface area contributed by atoms with Crippen LogP contribution in [0.3, 0.4) is 0 Å². The van der Waals surface area contributed by atoms with E-state index in [9.17, 15) is 4.79 Å². The number of hydrogen-bond acceptors (Lipinski definition) is 6. The second-order valence-electron chi connectivity index (χ2n) is 6.35. The van der Waals surface area contributed by atoms with Gasteiger partial charge < -0.3 is 9.88 Å². The highest BCUT2D eigenvalue weighted by atomic mass is 32.1. The Kier molecular flexibility index (Phi) is 4.96. The zero-order valence-corrected chi connectivity index (χ0v) is 15.4. The Labute approximate surface area is 160 Å². The molecule has 2 aromatic heterocycles. The molecular formula is C19H18N6OS. The van der Waals surface area contributed by atoms with Gasteiger partial charge in [0.2, 0.25) is 5.91 Å². The van der Waals surface area contributed by atoms with Crippen molar-refractivity contribution >= 4 is 22.4 Å². The maximum atomic E-state index is 12.6. The van der Waals surface area contributed by atoms with E-state index in [1.54, 1.807) is 17.4 Å². The minimum atomic E-state index is -0.202. The van der Waals surface area contributed by atoms with Gasteiger partial charge in [0.25, 0.3) is 0 Å². The third-order valence-electron chi connectivity index (χ3n) is 4.62. The van der Waals surface area contributed by atoms with Crippen molar-refractivity contribution in [2.45, 2.75) is 25.6 Å². The Hall–Kier alpha value is -3.02. The molecule has 27 heavy (non-hydrogen) atoms. The number of nitrogens with one attached hydrogen (secondary N) is 1. The Morgan fingerprint density at radius 1 is 1.33 bits per heavy atom. The highest BCUT2D eigenvalue weighted by molar-refractivity contribution is 7.13. The van der Waals surface area contributed by atoms with Gasteiger partial charge >= 0.3 is 0 Å². The second kappa shape index (κ2) is 7.70. The number of carbonyl (C=O) groups is 1. The van der Waals surface area contributed by atoms with Gasteiger partial charge in [0.05, 0.1) is 29.7 Å². The summed E-state index contributed by atoms with van der Waals surface area (Å²) in [6.45, 7) is 1.93. The molecule has 7 nitrogen and oxygen atoms in total. The zero-order valence-electron chi connectivity index (χ0n) is 14.6. The molecule has 3 heterocycles. The number of hydrogen-bond donors (Lipinski definition) is 1. The summed E-state index contributed by atoms with van der Waals surface area (Å²) >= 11 is 1.48. The lowest BCUT2D eigenvalue weighted by Crippen LogP contribution is -2.38. The average molecular weight is 378 g/mol. The zero-order chi connectivity index (χ0) is 18.6. The summed E-state index contributed by atoms with van der Waals surface area (Å²) in [5.41, 5.74) is 2.76. The van der Waals surface area contributed by atoms with Crippen LogP contribution in [0.15, 0.2) is 48.4 Å². The number of anilines is 1. The van der Waals surface area contributed by atoms with Gasteiger partial charge in [0, 0.05) is 37.4 Å². The molecule has 1 aliphatic rings. The maximum Gasteiger partial charge on any atom is 0.245 e. The number of carbonyl (C=O) groups excluding carboxylic acids is 1. The Morgan fingerprint density at radius 3 is 2.93 bits per heavy atom. The fraction of sp³-hybridized carbons (Fsp3) is 0.263. The quantitative estimate of drug-likeness (QED) is 0.710. The van der Waals surface area contributed by atoms with E-state index in [0.717, 1.165) is 22.8 Å². The van der Waals surface area contributed by atoms with E-state index >= 15 is 0 Å². The summed E-state index contributed by atoms with van der Waals surface area (Å²) in [5.74, 6) is 0.0723. The molecule has 0 radical (unpaired) electrons. The van der Waals surface area contributed by atoms with Crippen molar-refractivity contribution in [3.63, 3.8) is 0 Å². The van der Waals surface area contributed by atoms with Crippen molar-refractivity contribution < 1.29 is 4.79 Å². The van der Waals surface area contributed by atoms with Crippen molar-refractivity contribution in [1.29, 1.82) is 5.26 Å². The molecule has 0 unspecified atom stereocenters. The summed E-state index contributed by atoms with van der Waals surface area (Å²) < 4.78 is 2.05. The van der Waals surface area contributed by atoms with Crippen molar-refractivity contribution in [1.82, 2.24) is 19.9 Å². The van der Waals surface area contributed by atoms with Crippen molar-refractivity contribution in [3.8, 4) is 6.07 Å². The van der Waals surface area contributed by atoms with Gasteiger partial charge in [-0.05, 0) is 24.1 Å². The third kappa shape index (κ3) is 3.74. The number of nitrogens with zero attached hydrogens (tertiary/aromatic N) is 5. The first-order chi connectivity index (χ1) is 13.2. The fourth-order valence-corrected chi connectivity index (χ4v) is 3.83. The van der Waals surface area contributed by atoms with E-state index in [1.165, 1.54) is 11.3 Å². The van der Waals surface area contributed by atoms with E-state index < -0.39 is 0 Å². The monoisotopic (exact) mass is 378 g/mol. The summed E-state index contributed by atoms with van der Waals surface area (Å²) in [5, 5.41) is 14.9. The first-order valence-electron chi connectivity index (χ1n) is 8.67. The number of thiazole rings is 1. The van der Waals surface area contributed by atoms with Gasteiger partial charge in [-0.25, -0.2) is 9.97 Å². The molecule has 1 atom stereocenters. The molecule has 0 spiro atoms. The van der Waals surface area contributed by atoms with Gasteiger partial charge in [-0.3, -0.25) is 9.69 Å². The molecule has 0 saturated carbocycles. The Morgan fingerprint density at radius 2 is 2.19 bits per heavy atom. The molecule has 1 aliphatic heterocycles. The van der Waals surface area contributed by atoms with Gasteiger partial charge in [-0.1, -0.05) is 12.1 Å². The van der Waals surface area contributed by atoms with Crippen LogP contribution in [-0.4, -0.2) is 33.0 Å². The van der Waals surface area contributed by atoms with E-state index in [1.807, 2.05) is 40.4 Å². The van der Waals surface area contributed by atoms with Crippen LogP contribution in [0.4, 0.5) is 5.13 Å². The van der Waals surface area contributed by atoms with Crippen LogP contribution in [-0.2, 0) is 17.9 Å². The van der Waals surface area contributed by atoms with Crippen LogP contribution in [0.5, 0.6) is 0 Å². The summed E-state index contributed by atoms with van der Waals surface area (Å²) in [7, 11) is 0. The van der Waals surface area contributed by atoms with Gasteiger partial charge in [0.15, 0.2) is 5.13 Å². The molecule has 3 aromatic rings. The number of benzene rings is 1. The van der Waals surface area contributed by atoms with Crippen LogP contribution in [0, 0.1) is 11.3 Å². The van der Waals surface area contributed by atoms with Crippen LogP contribution in [0.25, 0.3) is 0 Å². The Balaban J connectivity index is 1.37. The first kappa shape index (κ1) is 17.4. The SMILES string of the molecule is N#Cc1ccc(Cn2cncc2CN[C@@H]2CCN(c3nccs3)C2=O)cc1. The molecule has 0 aliphatic carbocycles. The smallest absolute Gasteiger partial charge is 0.245 e. The van der Waals surface area contributed by atoms with E-state index in [-0.39, 0.29) is 11.9 Å². The van der Waals surface area contributed by atoms with Gasteiger partial charge in [-0.15, -0.1) is 11.3 Å². The van der Waals surface area contributed by atoms with Crippen molar-refractivity contribution in [2.75, 3.05) is 11.4 Å². The minimum absolute atomic E-state index is 0.0723. The van der Waals surface area contributed by atoms with Gasteiger partial charge in [-0.2, -0.15) is 5.26 Å². The third-order valence-corrected chi connectivity index (χ3v) is 5.41. The summed E-state index contributed by atoms with van der Waals surface area (Å²) in [6.07, 6.45) is 6.08. The summed E-state index contributed by atoms with van der Waals surface area (Å²) in [6, 6.07) is 9.44. The minimum Gasteiger partial charge on any atom is -0.329 e. The van der Waals surface area contributed by atoms with Crippen LogP contribution in [0.2, 0.25) is 0 Å². The number of amides is 1. The molecule has 136 valence electrons. The molecule has 1 fully saturated rings. The molecule has 1 saturated heterocycles. The lowest BCUT2D eigenvalue weighted by molar-refractivity contribution is -0.118. The molecule has 1 aromatic carbocycles. The van der Waals surface area contributed by atoms with E-state index in [4.69, 9.17) is 5.26 Å². The van der Waals surface area contributed by atoms with E-state index in [0.29, 0.717) is 25.2 Å². The molecule has 0 bridgehead atoms. The first-order valence-corrected chi connectivity index (χ1v) is 9.55. The lowest BCUT2D eigenvalue weighted by atomic mass is 10.1. The van der Waals surface area contributed by atoms with Crippen LogP contribution in [0.1, 0.15) is 23.2 Å². The molecular weight excluding hydrogens is 360 g/mol. The van der Waals surface area contributed by atoms with E-state index in [2.05, 4.69) is 21.4 Å². The van der Waals surface area contributed by atoms with Crippen LogP contribution >= 0.6 is 11.3 Å². The fourth-order valence-electron chi connectivity index (χ4n) is 3.16. The topological polar surface area (TPSA) is 86.8 Å². The standard InChI is InChI=1S/C19H18N6OS/c20-9-14-1-3-15(4-2-14)12-24-13-21-10-16(24)11-23-17-5-7-25(18(17)26)19-22-6-8-27-19/h1-4,6,8,10,13,17,23H,5,7,11-12H2/t17-/m1/s1. The molecule has 4 rings (SSSR count). The molecule has 8 heteroatoms.